The van der Waals surface area contributed by atoms with E-state index in [1.807, 2.05) is 13.2 Å². The van der Waals surface area contributed by atoms with Crippen molar-refractivity contribution in [3.05, 3.63) is 58.6 Å². The number of unbranched alkanes of at least 4 members (excludes halogenated alkanes) is 4. The average Bonchev–Trinajstić information content (AvgIpc) is 3.15. The van der Waals surface area contributed by atoms with Crippen LogP contribution in [0, 0.1) is 5.41 Å². The first-order chi connectivity index (χ1) is 17.7. The summed E-state index contributed by atoms with van der Waals surface area (Å²) in [5.74, 6) is 0.454. The van der Waals surface area contributed by atoms with E-state index in [1.165, 1.54) is 25.7 Å². The van der Waals surface area contributed by atoms with E-state index in [1.54, 1.807) is 4.68 Å². The summed E-state index contributed by atoms with van der Waals surface area (Å²) < 4.78 is 1.80. The second kappa shape index (κ2) is 11.4. The van der Waals surface area contributed by atoms with Crippen molar-refractivity contribution in [1.29, 1.82) is 0 Å². The number of carbonyl (C=O) groups is 1. The summed E-state index contributed by atoms with van der Waals surface area (Å²) >= 11 is 0. The molecule has 2 aromatic heterocycles. The highest BCUT2D eigenvalue weighted by molar-refractivity contribution is 5.96. The second-order valence-electron chi connectivity index (χ2n) is 11.2. The molecule has 1 amide bonds. The Balaban J connectivity index is 1.52. The summed E-state index contributed by atoms with van der Waals surface area (Å²) in [6.07, 6.45) is 19.2. The number of hydrogen-bond donors (Lipinski definition) is 2. The normalized spacial score (nSPS) is 16.7. The molecule has 0 spiro atoms. The van der Waals surface area contributed by atoms with Crippen LogP contribution in [0.5, 0.6) is 0 Å². The maximum absolute atomic E-state index is 13.2. The lowest BCUT2D eigenvalue weighted by molar-refractivity contribution is 0.0931. The van der Waals surface area contributed by atoms with Gasteiger partial charge in [-0.25, -0.2) is 9.97 Å². The topological polar surface area (TPSA) is 84.7 Å². The van der Waals surface area contributed by atoms with Crippen molar-refractivity contribution < 1.29 is 4.79 Å². The highest BCUT2D eigenvalue weighted by Crippen LogP contribution is 2.34. The maximum Gasteiger partial charge on any atom is 0.272 e. The van der Waals surface area contributed by atoms with Gasteiger partial charge in [-0.05, 0) is 50.3 Å². The molecule has 2 aliphatic rings. The van der Waals surface area contributed by atoms with Crippen LogP contribution in [0.2, 0.25) is 0 Å². The molecule has 0 fully saturated rings. The molecule has 4 rings (SSSR count). The number of rotatable bonds is 10. The van der Waals surface area contributed by atoms with Crippen LogP contribution in [-0.2, 0) is 19.9 Å². The zero-order valence-corrected chi connectivity index (χ0v) is 23.3. The van der Waals surface area contributed by atoms with E-state index in [4.69, 9.17) is 4.98 Å². The first-order valence-electron chi connectivity index (χ1n) is 13.8. The SMILES string of the molecule is CCCCCCCC(C)NC(=O)c1nn(C)c2c1CCc1cnc(NC3=C(C)C=CC(C)(C)C=C3)nc1-2. The van der Waals surface area contributed by atoms with Gasteiger partial charge in [0, 0.05) is 36.0 Å². The molecule has 2 N–H and O–H groups in total. The van der Waals surface area contributed by atoms with Crippen LogP contribution < -0.4 is 10.6 Å². The van der Waals surface area contributed by atoms with Crippen molar-refractivity contribution in [3.63, 3.8) is 0 Å². The largest absolute Gasteiger partial charge is 0.348 e. The second-order valence-corrected chi connectivity index (χ2v) is 11.2. The number of amides is 1. The van der Waals surface area contributed by atoms with Gasteiger partial charge in [0.25, 0.3) is 5.91 Å². The van der Waals surface area contributed by atoms with E-state index in [-0.39, 0.29) is 17.4 Å². The fourth-order valence-corrected chi connectivity index (χ4v) is 4.99. The Morgan fingerprint density at radius 2 is 1.89 bits per heavy atom. The van der Waals surface area contributed by atoms with Gasteiger partial charge in [0.15, 0.2) is 5.69 Å². The molecule has 198 valence electrons. The minimum atomic E-state index is -0.0902. The smallest absolute Gasteiger partial charge is 0.272 e. The number of aryl methyl sites for hydroxylation is 2. The molecule has 7 nitrogen and oxygen atoms in total. The zero-order chi connectivity index (χ0) is 26.6. The molecular formula is C30H42N6O. The van der Waals surface area contributed by atoms with Gasteiger partial charge in [0.2, 0.25) is 5.95 Å². The van der Waals surface area contributed by atoms with Crippen molar-refractivity contribution >= 4 is 11.9 Å². The lowest BCUT2D eigenvalue weighted by Crippen LogP contribution is -2.33. The number of hydrogen-bond acceptors (Lipinski definition) is 5. The van der Waals surface area contributed by atoms with Gasteiger partial charge in [0.1, 0.15) is 0 Å². The van der Waals surface area contributed by atoms with Gasteiger partial charge < -0.3 is 10.6 Å². The van der Waals surface area contributed by atoms with E-state index in [9.17, 15) is 4.79 Å². The lowest BCUT2D eigenvalue weighted by Gasteiger charge is -2.18. The third-order valence-corrected chi connectivity index (χ3v) is 7.33. The molecule has 1 atom stereocenters. The Kier molecular flexibility index (Phi) is 8.30. The molecule has 0 bridgehead atoms. The predicted molar refractivity (Wildman–Crippen MR) is 150 cm³/mol. The number of nitrogens with one attached hydrogen (secondary N) is 2. The summed E-state index contributed by atoms with van der Waals surface area (Å²) in [5, 5.41) is 11.2. The number of fused-ring (bicyclic) bond motifs is 3. The van der Waals surface area contributed by atoms with Crippen molar-refractivity contribution in [3.8, 4) is 11.4 Å². The summed E-state index contributed by atoms with van der Waals surface area (Å²) in [5.41, 5.74) is 6.43. The summed E-state index contributed by atoms with van der Waals surface area (Å²) in [7, 11) is 1.89. The molecule has 0 radical (unpaired) electrons. The summed E-state index contributed by atoms with van der Waals surface area (Å²) in [6, 6.07) is 0.129. The van der Waals surface area contributed by atoms with Crippen LogP contribution in [0.25, 0.3) is 11.4 Å². The number of anilines is 1. The Bertz CT molecular complexity index is 1230. The molecule has 2 heterocycles. The quantitative estimate of drug-likeness (QED) is 0.373. The molecule has 2 aromatic rings. The van der Waals surface area contributed by atoms with E-state index >= 15 is 0 Å². The van der Waals surface area contributed by atoms with Gasteiger partial charge in [-0.15, -0.1) is 0 Å². The Morgan fingerprint density at radius 3 is 2.68 bits per heavy atom. The van der Waals surface area contributed by atoms with Gasteiger partial charge >= 0.3 is 0 Å². The standard InChI is InChI=1S/C30H42N6O/c1-7-8-9-10-11-12-21(3)32-28(37)26-23-14-13-22-19-31-29(34-25(22)27(23)36(6)35-26)33-24-16-18-30(4,5)17-15-20(24)2/h15-19,21H,7-14H2,1-6H3,(H,32,37)(H,31,33,34). The highest BCUT2D eigenvalue weighted by Gasteiger charge is 2.29. The fraction of sp³-hybridized carbons (Fsp3) is 0.533. The van der Waals surface area contributed by atoms with Crippen molar-refractivity contribution in [2.75, 3.05) is 5.32 Å². The van der Waals surface area contributed by atoms with Crippen molar-refractivity contribution in [1.82, 2.24) is 25.1 Å². The first-order valence-corrected chi connectivity index (χ1v) is 13.8. The minimum absolute atomic E-state index is 0.00542. The minimum Gasteiger partial charge on any atom is -0.348 e. The number of carbonyl (C=O) groups excluding carboxylic acids is 1. The summed E-state index contributed by atoms with van der Waals surface area (Å²) in [6.45, 7) is 10.8. The monoisotopic (exact) mass is 502 g/mol. The fourth-order valence-electron chi connectivity index (χ4n) is 4.99. The average molecular weight is 503 g/mol. The number of allylic oxidation sites excluding steroid dienone is 5. The summed E-state index contributed by atoms with van der Waals surface area (Å²) in [4.78, 5) is 22.7. The molecule has 37 heavy (non-hydrogen) atoms. The molecule has 0 saturated carbocycles. The van der Waals surface area contributed by atoms with E-state index in [0.29, 0.717) is 11.6 Å². The lowest BCUT2D eigenvalue weighted by atomic mass is 9.93. The third kappa shape index (κ3) is 6.38. The third-order valence-electron chi connectivity index (χ3n) is 7.33. The van der Waals surface area contributed by atoms with Crippen LogP contribution in [-0.4, -0.2) is 31.7 Å². The molecule has 1 unspecified atom stereocenters. The van der Waals surface area contributed by atoms with Gasteiger partial charge in [-0.2, -0.15) is 5.10 Å². The zero-order valence-electron chi connectivity index (χ0n) is 23.3. The van der Waals surface area contributed by atoms with E-state index < -0.39 is 0 Å². The van der Waals surface area contributed by atoms with E-state index in [0.717, 1.165) is 59.5 Å². The molecule has 0 aliphatic heterocycles. The Hall–Kier alpha value is -3.22. The van der Waals surface area contributed by atoms with Crippen LogP contribution in [0.3, 0.4) is 0 Å². The van der Waals surface area contributed by atoms with Crippen LogP contribution in [0.4, 0.5) is 5.95 Å². The van der Waals surface area contributed by atoms with Gasteiger partial charge in [-0.1, -0.05) is 71.1 Å². The van der Waals surface area contributed by atoms with Gasteiger partial charge in [0.05, 0.1) is 11.4 Å². The van der Waals surface area contributed by atoms with Crippen molar-refractivity contribution in [2.24, 2.45) is 12.5 Å². The molecular weight excluding hydrogens is 460 g/mol. The van der Waals surface area contributed by atoms with Crippen LogP contribution in [0.1, 0.15) is 94.8 Å². The predicted octanol–water partition coefficient (Wildman–Crippen LogP) is 6.29. The molecule has 7 heteroatoms. The maximum atomic E-state index is 13.2. The number of nitrogens with zero attached hydrogens (tertiary/aromatic N) is 4. The Labute approximate surface area is 221 Å². The molecule has 2 aliphatic carbocycles. The van der Waals surface area contributed by atoms with Crippen LogP contribution >= 0.6 is 0 Å². The highest BCUT2D eigenvalue weighted by atomic mass is 16.2. The van der Waals surface area contributed by atoms with E-state index in [2.05, 4.69) is 79.6 Å². The van der Waals surface area contributed by atoms with Gasteiger partial charge in [-0.3, -0.25) is 9.48 Å². The first kappa shape index (κ1) is 26.8. The van der Waals surface area contributed by atoms with Crippen LogP contribution in [0.15, 0.2) is 41.8 Å². The van der Waals surface area contributed by atoms with Crippen molar-refractivity contribution in [2.45, 2.75) is 92.0 Å². The number of aromatic nitrogens is 4. The molecule has 0 aromatic carbocycles. The molecule has 0 saturated heterocycles. The Morgan fingerprint density at radius 1 is 1.14 bits per heavy atom.